The summed E-state index contributed by atoms with van der Waals surface area (Å²) < 4.78 is 28.6. The molecule has 1 aromatic carbocycles. The monoisotopic (exact) mass is 298 g/mol. The summed E-state index contributed by atoms with van der Waals surface area (Å²) in [4.78, 5) is 12.0. The average molecular weight is 298 g/mol. The molecule has 4 nitrogen and oxygen atoms in total. The second-order valence-electron chi connectivity index (χ2n) is 5.14. The Morgan fingerprint density at radius 2 is 2.14 bits per heavy atom. The van der Waals surface area contributed by atoms with Crippen LogP contribution in [0.15, 0.2) is 24.3 Å². The van der Waals surface area contributed by atoms with Gasteiger partial charge in [0.15, 0.2) is 0 Å². The van der Waals surface area contributed by atoms with E-state index in [1.54, 1.807) is 6.07 Å². The Labute approximate surface area is 122 Å². The largest absolute Gasteiger partial charge is 0.435 e. The molecule has 0 aromatic heterocycles. The number of benzene rings is 1. The lowest BCUT2D eigenvalue weighted by molar-refractivity contribution is -0.0498. The van der Waals surface area contributed by atoms with Crippen LogP contribution in [0.3, 0.4) is 0 Å². The molecule has 116 valence electrons. The van der Waals surface area contributed by atoms with Crippen molar-refractivity contribution in [3.05, 3.63) is 29.8 Å². The third-order valence-corrected chi connectivity index (χ3v) is 3.62. The van der Waals surface area contributed by atoms with Crippen molar-refractivity contribution in [3.63, 3.8) is 0 Å². The Hall–Kier alpha value is -1.69. The zero-order valence-corrected chi connectivity index (χ0v) is 11.8. The Morgan fingerprint density at radius 3 is 2.86 bits per heavy atom. The summed E-state index contributed by atoms with van der Waals surface area (Å²) in [6.07, 6.45) is 3.21. The molecule has 0 aliphatic carbocycles. The number of piperidine rings is 1. The minimum absolute atomic E-state index is 0.00370. The van der Waals surface area contributed by atoms with Gasteiger partial charge in [-0.2, -0.15) is 8.78 Å². The summed E-state index contributed by atoms with van der Waals surface area (Å²) in [7, 11) is 0. The molecule has 1 heterocycles. The van der Waals surface area contributed by atoms with Gasteiger partial charge >= 0.3 is 6.61 Å². The molecule has 1 fully saturated rings. The van der Waals surface area contributed by atoms with E-state index in [-0.39, 0.29) is 11.7 Å². The van der Waals surface area contributed by atoms with Gasteiger partial charge in [-0.1, -0.05) is 6.07 Å². The molecular weight excluding hydrogens is 278 g/mol. The predicted molar refractivity (Wildman–Crippen MR) is 75.6 cm³/mol. The number of alkyl halides is 2. The Bertz CT molecular complexity index is 463. The van der Waals surface area contributed by atoms with Gasteiger partial charge in [0, 0.05) is 12.1 Å². The summed E-state index contributed by atoms with van der Waals surface area (Å²) in [5.74, 6) is 0.375. The number of rotatable bonds is 6. The fraction of sp³-hybridized carbons (Fsp3) is 0.533. The van der Waals surface area contributed by atoms with Crippen molar-refractivity contribution in [2.75, 3.05) is 19.6 Å². The molecule has 0 spiro atoms. The molecule has 1 amide bonds. The first-order valence-electron chi connectivity index (χ1n) is 7.19. The second-order valence-corrected chi connectivity index (χ2v) is 5.14. The molecule has 2 rings (SSSR count). The van der Waals surface area contributed by atoms with Gasteiger partial charge in [0.2, 0.25) is 0 Å². The van der Waals surface area contributed by atoms with Crippen molar-refractivity contribution in [2.45, 2.75) is 25.9 Å². The fourth-order valence-electron chi connectivity index (χ4n) is 2.48. The van der Waals surface area contributed by atoms with Gasteiger partial charge in [0.1, 0.15) is 5.75 Å². The number of carbonyl (C=O) groups excluding carboxylic acids is 1. The van der Waals surface area contributed by atoms with E-state index < -0.39 is 6.61 Å². The molecule has 0 radical (unpaired) electrons. The number of amides is 1. The topological polar surface area (TPSA) is 50.4 Å². The van der Waals surface area contributed by atoms with Gasteiger partial charge in [-0.3, -0.25) is 4.79 Å². The highest BCUT2D eigenvalue weighted by Gasteiger charge is 2.14. The summed E-state index contributed by atoms with van der Waals surface area (Å²) in [6.45, 7) is -0.219. The number of hydrogen-bond acceptors (Lipinski definition) is 3. The lowest BCUT2D eigenvalue weighted by atomic mass is 9.95. The quantitative estimate of drug-likeness (QED) is 0.848. The SMILES string of the molecule is O=C(NCCC1CCNCC1)c1cccc(OC(F)F)c1. The van der Waals surface area contributed by atoms with Gasteiger partial charge in [0.25, 0.3) is 5.91 Å². The third-order valence-electron chi connectivity index (χ3n) is 3.62. The third kappa shape index (κ3) is 5.30. The molecule has 1 aliphatic heterocycles. The number of carbonyl (C=O) groups is 1. The van der Waals surface area contributed by atoms with E-state index in [1.165, 1.54) is 18.2 Å². The van der Waals surface area contributed by atoms with Crippen LogP contribution < -0.4 is 15.4 Å². The summed E-state index contributed by atoms with van der Waals surface area (Å²) in [5, 5.41) is 6.12. The average Bonchev–Trinajstić information content (AvgIpc) is 2.48. The molecule has 1 aliphatic rings. The van der Waals surface area contributed by atoms with Crippen molar-refractivity contribution >= 4 is 5.91 Å². The summed E-state index contributed by atoms with van der Waals surface area (Å²) >= 11 is 0. The highest BCUT2D eigenvalue weighted by Crippen LogP contribution is 2.17. The zero-order chi connectivity index (χ0) is 15.1. The van der Waals surface area contributed by atoms with E-state index in [2.05, 4.69) is 15.4 Å². The Kier molecular flexibility index (Phi) is 5.92. The van der Waals surface area contributed by atoms with Crippen molar-refractivity contribution in [2.24, 2.45) is 5.92 Å². The molecule has 0 atom stereocenters. The summed E-state index contributed by atoms with van der Waals surface area (Å²) in [5.41, 5.74) is 0.332. The van der Waals surface area contributed by atoms with Crippen LogP contribution >= 0.6 is 0 Å². The van der Waals surface area contributed by atoms with Gasteiger partial charge in [-0.15, -0.1) is 0 Å². The van der Waals surface area contributed by atoms with Crippen molar-refractivity contribution in [3.8, 4) is 5.75 Å². The number of ether oxygens (including phenoxy) is 1. The van der Waals surface area contributed by atoms with Crippen LogP contribution in [-0.4, -0.2) is 32.2 Å². The predicted octanol–water partition coefficient (Wildman–Crippen LogP) is 2.41. The first kappa shape index (κ1) is 15.7. The van der Waals surface area contributed by atoms with Gasteiger partial charge in [-0.25, -0.2) is 0 Å². The van der Waals surface area contributed by atoms with Crippen LogP contribution in [-0.2, 0) is 0 Å². The van der Waals surface area contributed by atoms with Crippen molar-refractivity contribution in [1.29, 1.82) is 0 Å². The Morgan fingerprint density at radius 1 is 1.38 bits per heavy atom. The van der Waals surface area contributed by atoms with Crippen LogP contribution in [0.1, 0.15) is 29.6 Å². The first-order valence-corrected chi connectivity index (χ1v) is 7.19. The maximum Gasteiger partial charge on any atom is 0.387 e. The molecule has 21 heavy (non-hydrogen) atoms. The number of halogens is 2. The van der Waals surface area contributed by atoms with Crippen LogP contribution in [0.4, 0.5) is 8.78 Å². The molecule has 1 aromatic rings. The van der Waals surface area contributed by atoms with Gasteiger partial charge in [0.05, 0.1) is 0 Å². The summed E-state index contributed by atoms with van der Waals surface area (Å²) in [6, 6.07) is 5.83. The van der Waals surface area contributed by atoms with Crippen molar-refractivity contribution < 1.29 is 18.3 Å². The lowest BCUT2D eigenvalue weighted by Gasteiger charge is -2.22. The van der Waals surface area contributed by atoms with E-state index in [0.717, 1.165) is 32.4 Å². The maximum atomic E-state index is 12.1. The van der Waals surface area contributed by atoms with Crippen LogP contribution in [0.5, 0.6) is 5.75 Å². The molecule has 0 saturated carbocycles. The second kappa shape index (κ2) is 7.93. The molecule has 0 bridgehead atoms. The number of nitrogens with one attached hydrogen (secondary N) is 2. The van der Waals surface area contributed by atoms with E-state index in [9.17, 15) is 13.6 Å². The fourth-order valence-corrected chi connectivity index (χ4v) is 2.48. The maximum absolute atomic E-state index is 12.1. The molecular formula is C15H20F2N2O2. The number of hydrogen-bond donors (Lipinski definition) is 2. The minimum Gasteiger partial charge on any atom is -0.435 e. The molecule has 6 heteroatoms. The van der Waals surface area contributed by atoms with E-state index >= 15 is 0 Å². The van der Waals surface area contributed by atoms with Gasteiger partial charge < -0.3 is 15.4 Å². The standard InChI is InChI=1S/C15H20F2N2O2/c16-15(17)21-13-3-1-2-12(10-13)14(20)19-9-6-11-4-7-18-8-5-11/h1-3,10-11,15,18H,4-9H2,(H,19,20). The smallest absolute Gasteiger partial charge is 0.387 e. The molecule has 1 saturated heterocycles. The highest BCUT2D eigenvalue weighted by molar-refractivity contribution is 5.94. The van der Waals surface area contributed by atoms with Gasteiger partial charge in [-0.05, 0) is 56.5 Å². The molecule has 2 N–H and O–H groups in total. The van der Waals surface area contributed by atoms with E-state index in [4.69, 9.17) is 0 Å². The first-order chi connectivity index (χ1) is 10.1. The van der Waals surface area contributed by atoms with E-state index in [1.807, 2.05) is 0 Å². The van der Waals surface area contributed by atoms with Crippen LogP contribution in [0.25, 0.3) is 0 Å². The zero-order valence-electron chi connectivity index (χ0n) is 11.8. The minimum atomic E-state index is -2.89. The molecule has 0 unspecified atom stereocenters. The van der Waals surface area contributed by atoms with Crippen molar-refractivity contribution in [1.82, 2.24) is 10.6 Å². The van der Waals surface area contributed by atoms with Crippen LogP contribution in [0, 0.1) is 5.92 Å². The normalized spacial score (nSPS) is 16.0. The highest BCUT2D eigenvalue weighted by atomic mass is 19.3. The van der Waals surface area contributed by atoms with Crippen LogP contribution in [0.2, 0.25) is 0 Å². The van der Waals surface area contributed by atoms with E-state index in [0.29, 0.717) is 18.0 Å². The Balaban J connectivity index is 1.79. The lowest BCUT2D eigenvalue weighted by Crippen LogP contribution is -2.31.